The lowest BCUT2D eigenvalue weighted by Gasteiger charge is -2.35. The van der Waals surface area contributed by atoms with Crippen LogP contribution in [0.4, 0.5) is 5.82 Å². The Kier molecular flexibility index (Phi) is 7.07. The summed E-state index contributed by atoms with van der Waals surface area (Å²) < 4.78 is 3.83. The van der Waals surface area contributed by atoms with Gasteiger partial charge in [0.05, 0.1) is 16.4 Å². The Labute approximate surface area is 221 Å². The second-order valence-electron chi connectivity index (χ2n) is 9.73. The number of piperazine rings is 1. The van der Waals surface area contributed by atoms with Crippen molar-refractivity contribution < 1.29 is 9.59 Å². The zero-order valence-corrected chi connectivity index (χ0v) is 22.5. The van der Waals surface area contributed by atoms with E-state index in [1.54, 1.807) is 13.0 Å². The van der Waals surface area contributed by atoms with Crippen LogP contribution in [-0.2, 0) is 11.8 Å². The van der Waals surface area contributed by atoms with E-state index in [0.29, 0.717) is 55.9 Å². The second kappa shape index (κ2) is 10.4. The van der Waals surface area contributed by atoms with Gasteiger partial charge in [-0.25, -0.2) is 4.98 Å². The smallest absolute Gasteiger partial charge is 0.259 e. The third-order valence-electron chi connectivity index (χ3n) is 7.67. The van der Waals surface area contributed by atoms with E-state index in [2.05, 4.69) is 29.0 Å². The highest BCUT2D eigenvalue weighted by Gasteiger charge is 2.25. The monoisotopic (exact) mass is 517 g/mol. The van der Waals surface area contributed by atoms with Crippen molar-refractivity contribution in [2.75, 3.05) is 57.3 Å². The van der Waals surface area contributed by atoms with E-state index in [-0.39, 0.29) is 22.8 Å². The van der Waals surface area contributed by atoms with Crippen LogP contribution < -0.4 is 15.6 Å². The van der Waals surface area contributed by atoms with Crippen molar-refractivity contribution in [3.05, 3.63) is 52.2 Å². The molecule has 0 saturated carbocycles. The Morgan fingerprint density at radius 2 is 1.68 bits per heavy atom. The number of anilines is 1. The molecule has 1 N–H and O–H groups in total. The standard InChI is InChI=1S/C28H35N7O3/c1-5-32(6-2)14-13-29-27(38)24-25(37)20-11-12-23(34-17-15-33(16-18-34)19(3)36)30-26(20)35-22-10-8-7-9-21(22)31(4)28(24)35/h7-12H,5-6,13-18H2,1-4H3,(H,29,38). The molecule has 5 rings (SSSR count). The molecule has 0 atom stereocenters. The predicted molar refractivity (Wildman–Crippen MR) is 150 cm³/mol. The number of pyridine rings is 2. The number of amides is 2. The average Bonchev–Trinajstić information content (AvgIpc) is 3.23. The third kappa shape index (κ3) is 4.38. The van der Waals surface area contributed by atoms with E-state index in [1.165, 1.54) is 0 Å². The van der Waals surface area contributed by atoms with Gasteiger partial charge in [-0.1, -0.05) is 26.0 Å². The fraction of sp³-hybridized carbons (Fsp3) is 0.429. The molecule has 3 aromatic heterocycles. The Balaban J connectivity index is 1.63. The summed E-state index contributed by atoms with van der Waals surface area (Å²) in [5, 5.41) is 3.38. The Morgan fingerprint density at radius 1 is 1.00 bits per heavy atom. The van der Waals surface area contributed by atoms with Crippen LogP contribution in [0.25, 0.3) is 27.7 Å². The number of fused-ring (bicyclic) bond motifs is 5. The first-order valence-corrected chi connectivity index (χ1v) is 13.3. The number of likely N-dealkylation sites (N-methyl/N-ethyl adjacent to an activating group) is 1. The number of para-hydroxylation sites is 2. The number of nitrogens with one attached hydrogen (secondary N) is 1. The highest BCUT2D eigenvalue weighted by atomic mass is 16.2. The van der Waals surface area contributed by atoms with E-state index in [1.807, 2.05) is 51.2 Å². The van der Waals surface area contributed by atoms with Crippen molar-refractivity contribution >= 4 is 45.3 Å². The summed E-state index contributed by atoms with van der Waals surface area (Å²) in [5.41, 5.74) is 2.62. The molecule has 0 unspecified atom stereocenters. The van der Waals surface area contributed by atoms with Gasteiger partial charge < -0.3 is 24.6 Å². The molecule has 1 aromatic carbocycles. The molecule has 0 bridgehead atoms. The van der Waals surface area contributed by atoms with Crippen LogP contribution in [0.1, 0.15) is 31.1 Å². The van der Waals surface area contributed by atoms with Gasteiger partial charge in [0.15, 0.2) is 5.65 Å². The summed E-state index contributed by atoms with van der Waals surface area (Å²) >= 11 is 0. The Bertz CT molecular complexity index is 1580. The minimum Gasteiger partial charge on any atom is -0.353 e. The fourth-order valence-electron chi connectivity index (χ4n) is 5.42. The maximum absolute atomic E-state index is 13.8. The van der Waals surface area contributed by atoms with Crippen LogP contribution in [0.3, 0.4) is 0 Å². The summed E-state index contributed by atoms with van der Waals surface area (Å²) in [4.78, 5) is 50.2. The van der Waals surface area contributed by atoms with Crippen molar-refractivity contribution in [2.45, 2.75) is 20.8 Å². The zero-order chi connectivity index (χ0) is 27.0. The Hall–Kier alpha value is -3.92. The number of carbonyl (C=O) groups excluding carboxylic acids is 2. The van der Waals surface area contributed by atoms with Gasteiger partial charge in [0.25, 0.3) is 5.91 Å². The number of hydrogen-bond acceptors (Lipinski definition) is 6. The molecule has 0 spiro atoms. The van der Waals surface area contributed by atoms with E-state index < -0.39 is 0 Å². The average molecular weight is 518 g/mol. The summed E-state index contributed by atoms with van der Waals surface area (Å²) in [6.07, 6.45) is 0. The lowest BCUT2D eigenvalue weighted by atomic mass is 10.1. The van der Waals surface area contributed by atoms with Gasteiger partial charge in [0.2, 0.25) is 11.3 Å². The zero-order valence-electron chi connectivity index (χ0n) is 22.5. The van der Waals surface area contributed by atoms with Crippen molar-refractivity contribution in [1.82, 2.24) is 29.1 Å². The number of aryl methyl sites for hydroxylation is 1. The van der Waals surface area contributed by atoms with E-state index in [4.69, 9.17) is 4.98 Å². The predicted octanol–water partition coefficient (Wildman–Crippen LogP) is 2.08. The van der Waals surface area contributed by atoms with Gasteiger partial charge in [-0.05, 0) is 37.4 Å². The summed E-state index contributed by atoms with van der Waals surface area (Å²) in [5.74, 6) is 0.443. The quantitative estimate of drug-likeness (QED) is 0.403. The van der Waals surface area contributed by atoms with Crippen molar-refractivity contribution in [3.63, 3.8) is 0 Å². The van der Waals surface area contributed by atoms with E-state index in [0.717, 1.165) is 29.9 Å². The highest BCUT2D eigenvalue weighted by Crippen LogP contribution is 2.27. The maximum atomic E-state index is 13.8. The summed E-state index contributed by atoms with van der Waals surface area (Å²) in [7, 11) is 1.88. The highest BCUT2D eigenvalue weighted by molar-refractivity contribution is 6.05. The maximum Gasteiger partial charge on any atom is 0.259 e. The van der Waals surface area contributed by atoms with Gasteiger partial charge in [-0.15, -0.1) is 0 Å². The number of nitrogens with zero attached hydrogens (tertiary/aromatic N) is 6. The van der Waals surface area contributed by atoms with Crippen LogP contribution in [0, 0.1) is 0 Å². The molecule has 2 amide bonds. The number of aromatic nitrogens is 3. The second-order valence-corrected chi connectivity index (χ2v) is 9.73. The van der Waals surface area contributed by atoms with Crippen LogP contribution in [0.2, 0.25) is 0 Å². The van der Waals surface area contributed by atoms with Gasteiger partial charge in [-0.2, -0.15) is 0 Å². The molecule has 200 valence electrons. The van der Waals surface area contributed by atoms with Crippen molar-refractivity contribution in [2.24, 2.45) is 7.05 Å². The van der Waals surface area contributed by atoms with Crippen molar-refractivity contribution in [3.8, 4) is 0 Å². The molecule has 10 nitrogen and oxygen atoms in total. The molecule has 10 heteroatoms. The van der Waals surface area contributed by atoms with Gasteiger partial charge in [-0.3, -0.25) is 18.8 Å². The van der Waals surface area contributed by atoms with E-state index >= 15 is 0 Å². The summed E-state index contributed by atoms with van der Waals surface area (Å²) in [6.45, 7) is 11.3. The molecule has 0 radical (unpaired) electrons. The molecule has 38 heavy (non-hydrogen) atoms. The molecule has 4 aromatic rings. The minimum absolute atomic E-state index is 0.0723. The molecular formula is C28H35N7O3. The van der Waals surface area contributed by atoms with Gasteiger partial charge in [0, 0.05) is 53.2 Å². The minimum atomic E-state index is -0.378. The van der Waals surface area contributed by atoms with Gasteiger partial charge in [0.1, 0.15) is 17.0 Å². The molecule has 1 aliphatic heterocycles. The van der Waals surface area contributed by atoms with Crippen LogP contribution in [0.15, 0.2) is 41.2 Å². The summed E-state index contributed by atoms with van der Waals surface area (Å²) in [6, 6.07) is 11.5. The third-order valence-corrected chi connectivity index (χ3v) is 7.67. The molecular weight excluding hydrogens is 482 g/mol. The first kappa shape index (κ1) is 25.7. The lowest BCUT2D eigenvalue weighted by Crippen LogP contribution is -2.48. The molecule has 1 saturated heterocycles. The van der Waals surface area contributed by atoms with Crippen molar-refractivity contribution in [1.29, 1.82) is 0 Å². The molecule has 0 aliphatic carbocycles. The van der Waals surface area contributed by atoms with Crippen LogP contribution in [0.5, 0.6) is 0 Å². The first-order valence-electron chi connectivity index (χ1n) is 13.3. The number of hydrogen-bond donors (Lipinski definition) is 1. The number of imidazole rings is 1. The lowest BCUT2D eigenvalue weighted by molar-refractivity contribution is -0.129. The van der Waals surface area contributed by atoms with Gasteiger partial charge >= 0.3 is 0 Å². The van der Waals surface area contributed by atoms with Crippen LogP contribution >= 0.6 is 0 Å². The van der Waals surface area contributed by atoms with Crippen LogP contribution in [-0.4, -0.2) is 87.9 Å². The SMILES string of the molecule is CCN(CC)CCNC(=O)c1c(=O)c2ccc(N3CCN(C(C)=O)CC3)nc2n2c3ccccc3n(C)c12. The normalized spacial score (nSPS) is 14.2. The first-order chi connectivity index (χ1) is 18.3. The number of benzene rings is 1. The number of carbonyl (C=O) groups is 2. The Morgan fingerprint density at radius 3 is 2.34 bits per heavy atom. The topological polar surface area (TPSA) is 95.2 Å². The molecule has 1 aliphatic rings. The fourth-order valence-corrected chi connectivity index (χ4v) is 5.42. The number of rotatable bonds is 7. The largest absolute Gasteiger partial charge is 0.353 e. The van der Waals surface area contributed by atoms with E-state index in [9.17, 15) is 14.4 Å². The molecule has 4 heterocycles. The molecule has 1 fully saturated rings.